The number of nitriles is 1. The largest absolute Gasteiger partial charge is 0.456 e. The molecule has 0 amide bonds. The van der Waals surface area contributed by atoms with Crippen molar-refractivity contribution in [3.05, 3.63) is 52.3 Å². The molecule has 0 fully saturated rings. The van der Waals surface area contributed by atoms with Crippen LogP contribution in [-0.4, -0.2) is 5.75 Å². The fraction of sp³-hybridized carbons (Fsp3) is 0.133. The van der Waals surface area contributed by atoms with Crippen LogP contribution in [0.5, 0.6) is 11.5 Å². The highest BCUT2D eigenvalue weighted by atomic mass is 79.9. The van der Waals surface area contributed by atoms with Gasteiger partial charge < -0.3 is 4.74 Å². The van der Waals surface area contributed by atoms with E-state index in [0.717, 1.165) is 10.6 Å². The summed E-state index contributed by atoms with van der Waals surface area (Å²) in [7, 11) is 0. The van der Waals surface area contributed by atoms with Crippen molar-refractivity contribution in [1.82, 2.24) is 0 Å². The Hall–Kier alpha value is -1.51. The molecule has 0 spiro atoms. The first kappa shape index (κ1) is 14.9. The summed E-state index contributed by atoms with van der Waals surface area (Å²) < 4.78 is 19.6. The van der Waals surface area contributed by atoms with Crippen molar-refractivity contribution in [2.45, 2.75) is 11.8 Å². The van der Waals surface area contributed by atoms with Crippen LogP contribution in [0.3, 0.4) is 0 Å². The topological polar surface area (TPSA) is 33.0 Å². The van der Waals surface area contributed by atoms with Gasteiger partial charge in [-0.3, -0.25) is 0 Å². The van der Waals surface area contributed by atoms with Crippen molar-refractivity contribution in [1.29, 1.82) is 5.26 Å². The summed E-state index contributed by atoms with van der Waals surface area (Å²) in [4.78, 5) is 0.864. The van der Waals surface area contributed by atoms with Gasteiger partial charge in [-0.15, -0.1) is 11.8 Å². The van der Waals surface area contributed by atoms with Gasteiger partial charge in [0.15, 0.2) is 0 Å². The third kappa shape index (κ3) is 3.53. The molecule has 102 valence electrons. The van der Waals surface area contributed by atoms with Crippen LogP contribution in [0.1, 0.15) is 12.5 Å². The fourth-order valence-corrected chi connectivity index (χ4v) is 2.92. The van der Waals surface area contributed by atoms with Crippen LogP contribution < -0.4 is 4.74 Å². The van der Waals surface area contributed by atoms with Gasteiger partial charge in [0.1, 0.15) is 28.9 Å². The van der Waals surface area contributed by atoms with Gasteiger partial charge in [0.05, 0.1) is 0 Å². The van der Waals surface area contributed by atoms with Crippen LogP contribution in [0.25, 0.3) is 0 Å². The maximum Gasteiger partial charge on any atom is 0.146 e. The van der Waals surface area contributed by atoms with E-state index in [2.05, 4.69) is 22.0 Å². The first-order valence-electron chi connectivity index (χ1n) is 5.94. The molecule has 20 heavy (non-hydrogen) atoms. The summed E-state index contributed by atoms with van der Waals surface area (Å²) >= 11 is 4.78. The Labute approximate surface area is 129 Å². The number of ether oxygens (including phenoxy) is 1. The summed E-state index contributed by atoms with van der Waals surface area (Å²) in [5, 5.41) is 9.29. The monoisotopic (exact) mass is 351 g/mol. The van der Waals surface area contributed by atoms with Gasteiger partial charge >= 0.3 is 0 Å². The number of rotatable bonds is 4. The van der Waals surface area contributed by atoms with Gasteiger partial charge in [-0.2, -0.15) is 5.26 Å². The van der Waals surface area contributed by atoms with E-state index in [4.69, 9.17) is 4.74 Å². The molecule has 0 saturated carbocycles. The van der Waals surface area contributed by atoms with Crippen LogP contribution in [0.15, 0.2) is 45.8 Å². The molecule has 2 aromatic rings. The van der Waals surface area contributed by atoms with Gasteiger partial charge in [0, 0.05) is 15.4 Å². The van der Waals surface area contributed by atoms with Crippen molar-refractivity contribution in [2.24, 2.45) is 0 Å². The first-order chi connectivity index (χ1) is 9.63. The number of thioether (sulfide) groups is 1. The number of hydrogen-bond donors (Lipinski definition) is 0. The quantitative estimate of drug-likeness (QED) is 0.694. The maximum absolute atomic E-state index is 13.3. The minimum absolute atomic E-state index is 0.354. The molecule has 0 atom stereocenters. The van der Waals surface area contributed by atoms with Crippen molar-refractivity contribution in [3.8, 4) is 17.6 Å². The van der Waals surface area contributed by atoms with Crippen LogP contribution in [0.2, 0.25) is 0 Å². The number of hydrogen-bond acceptors (Lipinski definition) is 3. The number of halogens is 2. The van der Waals surface area contributed by atoms with Crippen LogP contribution in [-0.2, 0) is 0 Å². The van der Waals surface area contributed by atoms with E-state index < -0.39 is 5.82 Å². The van der Waals surface area contributed by atoms with Gasteiger partial charge in [-0.1, -0.05) is 28.9 Å². The van der Waals surface area contributed by atoms with Crippen molar-refractivity contribution >= 4 is 27.7 Å². The molecular formula is C15H11BrFNOS. The van der Waals surface area contributed by atoms with E-state index in [9.17, 15) is 9.65 Å². The van der Waals surface area contributed by atoms with E-state index >= 15 is 0 Å². The standard InChI is InChI=1S/C15H11BrFNOS/c1-2-20-15-5-3-4-14(13(15)9-18)19-12-7-10(16)6-11(17)8-12/h3-8H,2H2,1H3. The molecule has 0 aliphatic heterocycles. The Balaban J connectivity index is 2.38. The van der Waals surface area contributed by atoms with E-state index in [1.807, 2.05) is 19.1 Å². The molecule has 0 aliphatic carbocycles. The highest BCUT2D eigenvalue weighted by molar-refractivity contribution is 9.10. The molecule has 0 aromatic heterocycles. The smallest absolute Gasteiger partial charge is 0.146 e. The minimum Gasteiger partial charge on any atom is -0.456 e. The second-order valence-electron chi connectivity index (χ2n) is 3.88. The summed E-state index contributed by atoms with van der Waals surface area (Å²) in [6.45, 7) is 2.02. The Bertz CT molecular complexity index is 649. The molecule has 0 N–H and O–H groups in total. The van der Waals surface area contributed by atoms with Crippen molar-refractivity contribution < 1.29 is 9.13 Å². The predicted molar refractivity (Wildman–Crippen MR) is 81.7 cm³/mol. The van der Waals surface area contributed by atoms with E-state index in [-0.39, 0.29) is 0 Å². The second kappa shape index (κ2) is 6.78. The Morgan fingerprint density at radius 2 is 2.15 bits per heavy atom. The number of benzene rings is 2. The molecule has 0 aliphatic rings. The molecule has 2 nitrogen and oxygen atoms in total. The van der Waals surface area contributed by atoms with E-state index in [0.29, 0.717) is 21.5 Å². The average molecular weight is 352 g/mol. The second-order valence-corrected chi connectivity index (χ2v) is 6.10. The molecule has 2 rings (SSSR count). The third-order valence-corrected chi connectivity index (χ3v) is 3.86. The summed E-state index contributed by atoms with van der Waals surface area (Å²) in [6, 6.07) is 11.8. The molecule has 0 heterocycles. The van der Waals surface area contributed by atoms with Crippen LogP contribution >= 0.6 is 27.7 Å². The van der Waals surface area contributed by atoms with E-state index in [1.54, 1.807) is 23.9 Å². The van der Waals surface area contributed by atoms with Gasteiger partial charge in [0.2, 0.25) is 0 Å². The fourth-order valence-electron chi connectivity index (χ4n) is 1.70. The van der Waals surface area contributed by atoms with Crippen LogP contribution in [0, 0.1) is 17.1 Å². The molecule has 0 radical (unpaired) electrons. The molecule has 2 aromatic carbocycles. The Kier molecular flexibility index (Phi) is 5.05. The normalized spacial score (nSPS) is 10.1. The number of nitrogens with zero attached hydrogens (tertiary/aromatic N) is 1. The molecule has 5 heteroatoms. The molecular weight excluding hydrogens is 341 g/mol. The summed E-state index contributed by atoms with van der Waals surface area (Å²) in [6.07, 6.45) is 0. The lowest BCUT2D eigenvalue weighted by Crippen LogP contribution is -1.91. The van der Waals surface area contributed by atoms with Crippen LogP contribution in [0.4, 0.5) is 4.39 Å². The Morgan fingerprint density at radius 3 is 2.80 bits per heavy atom. The van der Waals surface area contributed by atoms with Gasteiger partial charge in [-0.25, -0.2) is 4.39 Å². The molecule has 0 bridgehead atoms. The van der Waals surface area contributed by atoms with Crippen molar-refractivity contribution in [2.75, 3.05) is 5.75 Å². The summed E-state index contributed by atoms with van der Waals surface area (Å²) in [5.74, 6) is 1.26. The zero-order valence-corrected chi connectivity index (χ0v) is 13.1. The maximum atomic E-state index is 13.3. The SMILES string of the molecule is CCSc1cccc(Oc2cc(F)cc(Br)c2)c1C#N. The van der Waals surface area contributed by atoms with Crippen molar-refractivity contribution in [3.63, 3.8) is 0 Å². The zero-order chi connectivity index (χ0) is 14.5. The highest BCUT2D eigenvalue weighted by Crippen LogP contribution is 2.33. The molecule has 0 unspecified atom stereocenters. The molecule has 0 saturated heterocycles. The lowest BCUT2D eigenvalue weighted by atomic mass is 10.2. The first-order valence-corrected chi connectivity index (χ1v) is 7.71. The lowest BCUT2D eigenvalue weighted by Gasteiger charge is -2.10. The van der Waals surface area contributed by atoms with Gasteiger partial charge in [-0.05, 0) is 30.0 Å². The Morgan fingerprint density at radius 1 is 1.35 bits per heavy atom. The lowest BCUT2D eigenvalue weighted by molar-refractivity contribution is 0.473. The zero-order valence-electron chi connectivity index (χ0n) is 10.7. The average Bonchev–Trinajstić information content (AvgIpc) is 2.38. The minimum atomic E-state index is -0.396. The van der Waals surface area contributed by atoms with Gasteiger partial charge in [0.25, 0.3) is 0 Å². The summed E-state index contributed by atoms with van der Waals surface area (Å²) in [5.41, 5.74) is 0.472. The highest BCUT2D eigenvalue weighted by Gasteiger charge is 2.11. The third-order valence-electron chi connectivity index (χ3n) is 2.46. The predicted octanol–water partition coefficient (Wildman–Crippen LogP) is 5.36. The van der Waals surface area contributed by atoms with E-state index in [1.165, 1.54) is 12.1 Å².